The van der Waals surface area contributed by atoms with E-state index in [0.717, 1.165) is 0 Å². The minimum absolute atomic E-state index is 0.666. The normalized spacial score (nSPS) is 10.7. The topological polar surface area (TPSA) is 45.2 Å². The third-order valence-electron chi connectivity index (χ3n) is 5.98. The van der Waals surface area contributed by atoms with Gasteiger partial charge in [0.15, 0.2) is 0 Å². The fraction of sp³-hybridized carbons (Fsp3) is 0.129. The van der Waals surface area contributed by atoms with E-state index >= 15 is 0 Å². The van der Waals surface area contributed by atoms with Crippen molar-refractivity contribution in [2.75, 3.05) is 9.80 Å². The Morgan fingerprint density at radius 3 is 0.944 bits per heavy atom. The summed E-state index contributed by atoms with van der Waals surface area (Å²) in [4.78, 5) is 18.6. The number of anilines is 2. The molecule has 0 fully saturated rings. The van der Waals surface area contributed by atoms with Crippen LogP contribution in [0.3, 0.4) is 0 Å². The van der Waals surface area contributed by atoms with Crippen LogP contribution in [0.1, 0.15) is 22.3 Å². The first-order valence-corrected chi connectivity index (χ1v) is 12.2. The van der Waals surface area contributed by atoms with Crippen LogP contribution in [0.15, 0.2) is 128 Å². The molecule has 5 nitrogen and oxygen atoms in total. The third kappa shape index (κ3) is 6.33. The molecule has 0 N–H and O–H groups in total. The largest absolute Gasteiger partial charge is 0.332 e. The highest BCUT2D eigenvalue weighted by Gasteiger charge is 2.17. The zero-order chi connectivity index (χ0) is 24.4. The van der Waals surface area contributed by atoms with Gasteiger partial charge in [0, 0.05) is 26.2 Å². The number of hydrogen-bond acceptors (Lipinski definition) is 5. The Labute approximate surface area is 212 Å². The first-order chi connectivity index (χ1) is 17.8. The highest BCUT2D eigenvalue weighted by Crippen LogP contribution is 2.21. The van der Waals surface area contributed by atoms with Crippen LogP contribution in [-0.2, 0) is 26.2 Å². The second-order valence-electron chi connectivity index (χ2n) is 8.74. The van der Waals surface area contributed by atoms with Crippen LogP contribution in [-0.4, -0.2) is 15.0 Å². The lowest BCUT2D eigenvalue weighted by Gasteiger charge is -2.26. The fourth-order valence-corrected chi connectivity index (χ4v) is 4.19. The Balaban J connectivity index is 1.47. The van der Waals surface area contributed by atoms with Crippen LogP contribution >= 0.6 is 0 Å². The summed E-state index contributed by atoms with van der Waals surface area (Å²) in [6.07, 6.45) is 1.63. The summed E-state index contributed by atoms with van der Waals surface area (Å²) in [6.45, 7) is 2.82. The number of rotatable bonds is 10. The van der Waals surface area contributed by atoms with E-state index in [2.05, 4.69) is 117 Å². The number of aromatic nitrogens is 3. The quantitative estimate of drug-likeness (QED) is 0.240. The van der Waals surface area contributed by atoms with E-state index in [0.29, 0.717) is 38.1 Å². The van der Waals surface area contributed by atoms with Crippen LogP contribution < -0.4 is 9.80 Å². The van der Waals surface area contributed by atoms with Gasteiger partial charge in [-0.2, -0.15) is 4.98 Å². The Hall–Kier alpha value is -4.51. The van der Waals surface area contributed by atoms with Crippen molar-refractivity contribution in [3.63, 3.8) is 0 Å². The zero-order valence-corrected chi connectivity index (χ0v) is 20.2. The van der Waals surface area contributed by atoms with E-state index in [4.69, 9.17) is 4.98 Å². The Morgan fingerprint density at radius 1 is 0.389 bits per heavy atom. The van der Waals surface area contributed by atoms with Gasteiger partial charge in [-0.25, -0.2) is 9.97 Å². The van der Waals surface area contributed by atoms with Crippen molar-refractivity contribution in [3.8, 4) is 0 Å². The van der Waals surface area contributed by atoms with E-state index in [1.165, 1.54) is 22.3 Å². The van der Waals surface area contributed by atoms with Crippen LogP contribution in [0, 0.1) is 0 Å². The number of benzene rings is 4. The van der Waals surface area contributed by atoms with Gasteiger partial charge >= 0.3 is 0 Å². The minimum atomic E-state index is 0.666. The molecule has 0 unspecified atom stereocenters. The van der Waals surface area contributed by atoms with Gasteiger partial charge in [0.1, 0.15) is 6.33 Å². The molecule has 0 radical (unpaired) electrons. The first kappa shape index (κ1) is 23.2. The maximum atomic E-state index is 4.99. The van der Waals surface area contributed by atoms with Crippen LogP contribution in [0.5, 0.6) is 0 Å². The van der Waals surface area contributed by atoms with E-state index in [1.54, 1.807) is 6.33 Å². The SMILES string of the molecule is c1ccc(CN(Cc2ccccc2)c2ncnc(N(Cc3ccccc3)Cc3ccccc3)n2)cc1. The molecule has 5 aromatic rings. The Bertz CT molecular complexity index is 1140. The van der Waals surface area contributed by atoms with Crippen LogP contribution in [0.2, 0.25) is 0 Å². The lowest BCUT2D eigenvalue weighted by Crippen LogP contribution is -2.28. The second kappa shape index (κ2) is 11.8. The minimum Gasteiger partial charge on any atom is -0.332 e. The Morgan fingerprint density at radius 2 is 0.667 bits per heavy atom. The van der Waals surface area contributed by atoms with Crippen molar-refractivity contribution >= 4 is 11.9 Å². The smallest absolute Gasteiger partial charge is 0.230 e. The number of nitrogens with zero attached hydrogens (tertiary/aromatic N) is 5. The van der Waals surface area contributed by atoms with E-state index in [9.17, 15) is 0 Å². The molecule has 0 saturated carbocycles. The lowest BCUT2D eigenvalue weighted by molar-refractivity contribution is 0.725. The molecule has 0 atom stereocenters. The third-order valence-corrected chi connectivity index (χ3v) is 5.98. The van der Waals surface area contributed by atoms with Crippen molar-refractivity contribution in [1.29, 1.82) is 0 Å². The molecule has 1 heterocycles. The second-order valence-corrected chi connectivity index (χ2v) is 8.74. The fourth-order valence-electron chi connectivity index (χ4n) is 4.19. The molecule has 1 aromatic heterocycles. The van der Waals surface area contributed by atoms with Gasteiger partial charge in [0.2, 0.25) is 11.9 Å². The average molecular weight is 472 g/mol. The van der Waals surface area contributed by atoms with Gasteiger partial charge in [-0.05, 0) is 22.3 Å². The highest BCUT2D eigenvalue weighted by atomic mass is 15.3. The van der Waals surface area contributed by atoms with Crippen molar-refractivity contribution < 1.29 is 0 Å². The maximum absolute atomic E-state index is 4.99. The Kier molecular flexibility index (Phi) is 7.59. The van der Waals surface area contributed by atoms with E-state index in [-0.39, 0.29) is 0 Å². The molecule has 0 aliphatic carbocycles. The summed E-state index contributed by atoms with van der Waals surface area (Å²) in [5, 5.41) is 0. The van der Waals surface area contributed by atoms with Crippen LogP contribution in [0.4, 0.5) is 11.9 Å². The highest BCUT2D eigenvalue weighted by molar-refractivity contribution is 5.41. The summed E-state index contributed by atoms with van der Waals surface area (Å²) in [7, 11) is 0. The monoisotopic (exact) mass is 471 g/mol. The van der Waals surface area contributed by atoms with Gasteiger partial charge < -0.3 is 9.80 Å². The lowest BCUT2D eigenvalue weighted by atomic mass is 10.1. The zero-order valence-electron chi connectivity index (χ0n) is 20.2. The molecule has 178 valence electrons. The molecule has 0 saturated heterocycles. The predicted molar refractivity (Wildman–Crippen MR) is 145 cm³/mol. The first-order valence-electron chi connectivity index (χ1n) is 12.2. The molecule has 4 aromatic carbocycles. The molecule has 5 heteroatoms. The van der Waals surface area contributed by atoms with Crippen molar-refractivity contribution in [2.24, 2.45) is 0 Å². The summed E-state index contributed by atoms with van der Waals surface area (Å²) >= 11 is 0. The summed E-state index contributed by atoms with van der Waals surface area (Å²) in [6, 6.07) is 41.8. The summed E-state index contributed by atoms with van der Waals surface area (Å²) in [5.74, 6) is 1.33. The van der Waals surface area contributed by atoms with Crippen molar-refractivity contribution in [2.45, 2.75) is 26.2 Å². The molecular formula is C31H29N5. The van der Waals surface area contributed by atoms with Crippen LogP contribution in [0.25, 0.3) is 0 Å². The molecule has 5 rings (SSSR count). The van der Waals surface area contributed by atoms with Gasteiger partial charge in [0.05, 0.1) is 0 Å². The molecule has 0 bridgehead atoms. The van der Waals surface area contributed by atoms with Crippen molar-refractivity contribution in [1.82, 2.24) is 15.0 Å². The van der Waals surface area contributed by atoms with Crippen molar-refractivity contribution in [3.05, 3.63) is 150 Å². The molecule has 0 spiro atoms. The molecule has 0 aliphatic rings. The standard InChI is InChI=1S/C31H29N5/c1-5-13-26(14-6-1)21-35(22-27-15-7-2-8-16-27)30-32-25-33-31(34-30)36(23-28-17-9-3-10-18-28)24-29-19-11-4-12-20-29/h1-20,25H,21-24H2. The number of hydrogen-bond donors (Lipinski definition) is 0. The maximum Gasteiger partial charge on any atom is 0.230 e. The van der Waals surface area contributed by atoms with Gasteiger partial charge in [-0.3, -0.25) is 0 Å². The summed E-state index contributed by atoms with van der Waals surface area (Å²) in [5.41, 5.74) is 4.84. The van der Waals surface area contributed by atoms with Gasteiger partial charge in [0.25, 0.3) is 0 Å². The molecular weight excluding hydrogens is 442 g/mol. The predicted octanol–water partition coefficient (Wildman–Crippen LogP) is 6.29. The van der Waals surface area contributed by atoms with E-state index in [1.807, 2.05) is 24.3 Å². The average Bonchev–Trinajstić information content (AvgIpc) is 2.95. The van der Waals surface area contributed by atoms with E-state index < -0.39 is 0 Å². The molecule has 0 aliphatic heterocycles. The summed E-state index contributed by atoms with van der Waals surface area (Å²) < 4.78 is 0. The van der Waals surface area contributed by atoms with Gasteiger partial charge in [-0.15, -0.1) is 0 Å². The molecule has 0 amide bonds. The molecule has 36 heavy (non-hydrogen) atoms. The van der Waals surface area contributed by atoms with Gasteiger partial charge in [-0.1, -0.05) is 121 Å².